The van der Waals surface area contributed by atoms with Crippen molar-refractivity contribution >= 4 is 40.2 Å². The highest BCUT2D eigenvalue weighted by Crippen LogP contribution is 2.24. The first kappa shape index (κ1) is 18.5. The molecule has 128 valence electrons. The van der Waals surface area contributed by atoms with Gasteiger partial charge in [0.1, 0.15) is 0 Å². The van der Waals surface area contributed by atoms with Crippen molar-refractivity contribution in [1.29, 1.82) is 0 Å². The van der Waals surface area contributed by atoms with E-state index in [1.807, 2.05) is 6.92 Å². The molecular formula is C17H20ClN3O2S. The molecule has 1 N–H and O–H groups in total. The van der Waals surface area contributed by atoms with Crippen molar-refractivity contribution in [3.8, 4) is 0 Å². The lowest BCUT2D eigenvalue weighted by atomic mass is 10.2. The Morgan fingerprint density at radius 2 is 2.29 bits per heavy atom. The molecule has 1 atom stereocenters. The van der Waals surface area contributed by atoms with Gasteiger partial charge in [-0.2, -0.15) is 0 Å². The quantitative estimate of drug-likeness (QED) is 0.464. The second-order valence-electron chi connectivity index (χ2n) is 5.31. The van der Waals surface area contributed by atoms with Crippen molar-refractivity contribution in [3.05, 3.63) is 46.2 Å². The van der Waals surface area contributed by atoms with Gasteiger partial charge in [0.15, 0.2) is 5.16 Å². The Morgan fingerprint density at radius 1 is 1.54 bits per heavy atom. The summed E-state index contributed by atoms with van der Waals surface area (Å²) in [7, 11) is 0. The van der Waals surface area contributed by atoms with Crippen LogP contribution in [-0.2, 0) is 11.3 Å². The average Bonchev–Trinajstić information content (AvgIpc) is 2.55. The number of fused-ring (bicyclic) bond motifs is 1. The maximum absolute atomic E-state index is 12.7. The number of benzene rings is 1. The van der Waals surface area contributed by atoms with Crippen LogP contribution in [0.2, 0.25) is 5.02 Å². The largest absolute Gasteiger partial charge is 0.352 e. The molecule has 0 bridgehead atoms. The van der Waals surface area contributed by atoms with Gasteiger partial charge in [0, 0.05) is 18.1 Å². The van der Waals surface area contributed by atoms with Gasteiger partial charge < -0.3 is 5.32 Å². The molecule has 2 aromatic rings. The van der Waals surface area contributed by atoms with Crippen LogP contribution in [0.1, 0.15) is 20.3 Å². The summed E-state index contributed by atoms with van der Waals surface area (Å²) in [6.45, 7) is 8.31. The monoisotopic (exact) mass is 365 g/mol. The zero-order valence-corrected chi connectivity index (χ0v) is 15.3. The van der Waals surface area contributed by atoms with Crippen LogP contribution in [0, 0.1) is 0 Å². The molecule has 0 saturated carbocycles. The third kappa shape index (κ3) is 4.19. The molecule has 0 aliphatic rings. The van der Waals surface area contributed by atoms with Crippen molar-refractivity contribution in [2.75, 3.05) is 6.54 Å². The van der Waals surface area contributed by atoms with E-state index in [0.717, 1.165) is 6.42 Å². The molecule has 5 nitrogen and oxygen atoms in total. The van der Waals surface area contributed by atoms with Gasteiger partial charge in [-0.1, -0.05) is 36.4 Å². The van der Waals surface area contributed by atoms with Gasteiger partial charge in [-0.3, -0.25) is 14.2 Å². The third-order valence-electron chi connectivity index (χ3n) is 3.40. The Labute approximate surface area is 150 Å². The molecule has 7 heteroatoms. The van der Waals surface area contributed by atoms with Crippen molar-refractivity contribution < 1.29 is 4.79 Å². The van der Waals surface area contributed by atoms with Crippen molar-refractivity contribution in [2.45, 2.75) is 37.2 Å². The summed E-state index contributed by atoms with van der Waals surface area (Å²) in [5, 5.41) is 3.95. The maximum atomic E-state index is 12.7. The fourth-order valence-electron chi connectivity index (χ4n) is 2.21. The van der Waals surface area contributed by atoms with Gasteiger partial charge in [-0.15, -0.1) is 6.58 Å². The Hall–Kier alpha value is -1.79. The molecule has 0 aliphatic carbocycles. The number of amides is 1. The zero-order chi connectivity index (χ0) is 17.7. The number of rotatable bonds is 7. The second-order valence-corrected chi connectivity index (χ2v) is 7.05. The number of carbonyl (C=O) groups excluding carboxylic acids is 1. The smallest absolute Gasteiger partial charge is 0.262 e. The maximum Gasteiger partial charge on any atom is 0.262 e. The number of nitrogens with one attached hydrogen (secondary N) is 1. The Balaban J connectivity index is 2.43. The summed E-state index contributed by atoms with van der Waals surface area (Å²) < 4.78 is 1.62. The first-order chi connectivity index (χ1) is 11.5. The fraction of sp³-hybridized carbons (Fsp3) is 0.353. The van der Waals surface area contributed by atoms with Crippen LogP contribution < -0.4 is 10.9 Å². The zero-order valence-electron chi connectivity index (χ0n) is 13.7. The number of nitrogens with zero attached hydrogens (tertiary/aromatic N) is 2. The third-order valence-corrected chi connectivity index (χ3v) is 4.73. The Bertz CT molecular complexity index is 819. The highest BCUT2D eigenvalue weighted by Gasteiger charge is 2.18. The average molecular weight is 366 g/mol. The van der Waals surface area contributed by atoms with Gasteiger partial charge in [0.05, 0.1) is 16.2 Å². The highest BCUT2D eigenvalue weighted by atomic mass is 35.5. The number of halogens is 1. The van der Waals surface area contributed by atoms with Crippen molar-refractivity contribution in [3.63, 3.8) is 0 Å². The summed E-state index contributed by atoms with van der Waals surface area (Å²) in [5.41, 5.74) is 0.431. The first-order valence-electron chi connectivity index (χ1n) is 7.73. The molecular weight excluding hydrogens is 346 g/mol. The molecule has 0 unspecified atom stereocenters. The van der Waals surface area contributed by atoms with E-state index in [2.05, 4.69) is 16.9 Å². The van der Waals surface area contributed by atoms with Gasteiger partial charge >= 0.3 is 0 Å². The number of carbonyl (C=O) groups is 1. The standard InChI is InChI=1S/C17H20ClN3O2S/c1-4-8-19-15(22)11(3)24-17-20-14-10-12(18)6-7-13(14)16(23)21(17)9-5-2/h4,6-7,10-11H,1,5,8-9H2,2-3H3,(H,19,22)/t11-/m0/s1. The highest BCUT2D eigenvalue weighted by molar-refractivity contribution is 8.00. The molecule has 0 aliphatic heterocycles. The minimum Gasteiger partial charge on any atom is -0.352 e. The fourth-order valence-corrected chi connectivity index (χ4v) is 3.34. The lowest BCUT2D eigenvalue weighted by molar-refractivity contribution is -0.120. The number of hydrogen-bond acceptors (Lipinski definition) is 4. The molecule has 0 saturated heterocycles. The predicted octanol–water partition coefficient (Wildman–Crippen LogP) is 3.24. The number of aromatic nitrogens is 2. The molecule has 0 fully saturated rings. The molecule has 1 aromatic carbocycles. The molecule has 1 heterocycles. The van der Waals surface area contributed by atoms with E-state index in [-0.39, 0.29) is 16.7 Å². The van der Waals surface area contributed by atoms with E-state index in [1.165, 1.54) is 11.8 Å². The normalized spacial score (nSPS) is 12.1. The molecule has 24 heavy (non-hydrogen) atoms. The van der Waals surface area contributed by atoms with Gasteiger partial charge in [-0.25, -0.2) is 4.98 Å². The van der Waals surface area contributed by atoms with E-state index >= 15 is 0 Å². The van der Waals surface area contributed by atoms with Crippen molar-refractivity contribution in [1.82, 2.24) is 14.9 Å². The summed E-state index contributed by atoms with van der Waals surface area (Å²) in [6.07, 6.45) is 2.42. The van der Waals surface area contributed by atoms with E-state index in [1.54, 1.807) is 35.8 Å². The summed E-state index contributed by atoms with van der Waals surface area (Å²) >= 11 is 7.27. The minimum absolute atomic E-state index is 0.111. The van der Waals surface area contributed by atoms with Crippen LogP contribution in [0.25, 0.3) is 10.9 Å². The van der Waals surface area contributed by atoms with Crippen LogP contribution in [0.4, 0.5) is 0 Å². The van der Waals surface area contributed by atoms with Gasteiger partial charge in [0.2, 0.25) is 5.91 Å². The van der Waals surface area contributed by atoms with Crippen molar-refractivity contribution in [2.24, 2.45) is 0 Å². The summed E-state index contributed by atoms with van der Waals surface area (Å²) in [5.74, 6) is -0.122. The predicted molar refractivity (Wildman–Crippen MR) is 99.8 cm³/mol. The van der Waals surface area contributed by atoms with E-state index in [9.17, 15) is 9.59 Å². The molecule has 0 spiro atoms. The summed E-state index contributed by atoms with van der Waals surface area (Å²) in [4.78, 5) is 29.3. The first-order valence-corrected chi connectivity index (χ1v) is 8.99. The molecule has 2 rings (SSSR count). The number of thioether (sulfide) groups is 1. The van der Waals surface area contributed by atoms with E-state index < -0.39 is 0 Å². The lowest BCUT2D eigenvalue weighted by Gasteiger charge is -2.15. The van der Waals surface area contributed by atoms with E-state index in [0.29, 0.717) is 34.2 Å². The lowest BCUT2D eigenvalue weighted by Crippen LogP contribution is -2.32. The number of hydrogen-bond donors (Lipinski definition) is 1. The van der Waals surface area contributed by atoms with Crippen LogP contribution >= 0.6 is 23.4 Å². The molecule has 1 amide bonds. The van der Waals surface area contributed by atoms with E-state index in [4.69, 9.17) is 11.6 Å². The van der Waals surface area contributed by atoms with Crippen LogP contribution in [0.5, 0.6) is 0 Å². The van der Waals surface area contributed by atoms with Crippen LogP contribution in [0.15, 0.2) is 40.8 Å². The van der Waals surface area contributed by atoms with Gasteiger partial charge in [0.25, 0.3) is 5.56 Å². The molecule has 0 radical (unpaired) electrons. The van der Waals surface area contributed by atoms with Gasteiger partial charge in [-0.05, 0) is 31.5 Å². The van der Waals surface area contributed by atoms with Crippen LogP contribution in [-0.4, -0.2) is 27.3 Å². The minimum atomic E-state index is -0.378. The Kier molecular flexibility index (Phi) is 6.45. The topological polar surface area (TPSA) is 64.0 Å². The SMILES string of the molecule is C=CCNC(=O)[C@H](C)Sc1nc2cc(Cl)ccc2c(=O)n1CCC. The molecule has 1 aromatic heterocycles. The summed E-state index contributed by atoms with van der Waals surface area (Å²) in [6, 6.07) is 5.04. The second kappa shape index (κ2) is 8.35. The Morgan fingerprint density at radius 3 is 2.96 bits per heavy atom. The van der Waals surface area contributed by atoms with Crippen LogP contribution in [0.3, 0.4) is 0 Å².